The van der Waals surface area contributed by atoms with Gasteiger partial charge in [0.25, 0.3) is 0 Å². The van der Waals surface area contributed by atoms with Crippen LogP contribution in [0.5, 0.6) is 0 Å². The fraction of sp³-hybridized carbons (Fsp3) is 0.0769. The zero-order chi connectivity index (χ0) is 22.6. The van der Waals surface area contributed by atoms with Crippen LogP contribution in [0.15, 0.2) is 91.4 Å². The largest absolute Gasteiger partial charge is 0.447 e. The van der Waals surface area contributed by atoms with Gasteiger partial charge in [0.2, 0.25) is 0 Å². The molecule has 0 aliphatic carbocycles. The number of cyclic esters (lactones) is 1. The summed E-state index contributed by atoms with van der Waals surface area (Å²) >= 11 is 0. The molecule has 0 unspecified atom stereocenters. The van der Waals surface area contributed by atoms with Gasteiger partial charge in [0.15, 0.2) is 5.78 Å². The van der Waals surface area contributed by atoms with E-state index in [1.165, 1.54) is 11.0 Å². The average molecular weight is 436 g/mol. The number of ether oxygens (including phenoxy) is 1. The van der Waals surface area contributed by atoms with E-state index < -0.39 is 6.09 Å². The maximum atomic E-state index is 12.9. The molecule has 1 saturated heterocycles. The molecule has 0 N–H and O–H groups in total. The van der Waals surface area contributed by atoms with Crippen molar-refractivity contribution in [3.8, 4) is 16.9 Å². The first kappa shape index (κ1) is 20.4. The lowest BCUT2D eigenvalue weighted by Gasteiger charge is -2.13. The van der Waals surface area contributed by atoms with Gasteiger partial charge in [0.05, 0.1) is 12.2 Å². The number of amides is 1. The van der Waals surface area contributed by atoms with Crippen molar-refractivity contribution < 1.29 is 14.3 Å². The molecule has 2 aromatic heterocycles. The van der Waals surface area contributed by atoms with Crippen molar-refractivity contribution in [1.82, 2.24) is 14.8 Å². The first-order valence-corrected chi connectivity index (χ1v) is 10.5. The van der Waals surface area contributed by atoms with Gasteiger partial charge in [0.1, 0.15) is 12.3 Å². The quantitative estimate of drug-likeness (QED) is 0.321. The predicted molar refractivity (Wildman–Crippen MR) is 125 cm³/mol. The molecule has 0 bridgehead atoms. The smallest absolute Gasteiger partial charge is 0.414 e. The SMILES string of the molecule is O=C(/C=C/c1cn(-c2ccccc2)nc1-c1ccncc1)c1cccc(N2CCOC2=O)c1. The summed E-state index contributed by atoms with van der Waals surface area (Å²) in [5, 5.41) is 4.74. The summed E-state index contributed by atoms with van der Waals surface area (Å²) in [5.74, 6) is -0.169. The van der Waals surface area contributed by atoms with Crippen LogP contribution in [0.25, 0.3) is 23.0 Å². The molecule has 3 heterocycles. The van der Waals surface area contributed by atoms with Crippen molar-refractivity contribution in [3.63, 3.8) is 0 Å². The summed E-state index contributed by atoms with van der Waals surface area (Å²) in [6.07, 6.45) is 8.21. The van der Waals surface area contributed by atoms with Gasteiger partial charge in [-0.25, -0.2) is 9.48 Å². The molecular formula is C26H20N4O3. The second-order valence-electron chi connectivity index (χ2n) is 7.46. The lowest BCUT2D eigenvalue weighted by molar-refractivity contribution is 0.104. The summed E-state index contributed by atoms with van der Waals surface area (Å²) < 4.78 is 6.79. The third kappa shape index (κ3) is 4.29. The van der Waals surface area contributed by atoms with Crippen molar-refractivity contribution in [2.24, 2.45) is 0 Å². The zero-order valence-electron chi connectivity index (χ0n) is 17.7. The minimum Gasteiger partial charge on any atom is -0.447 e. The van der Waals surface area contributed by atoms with E-state index in [2.05, 4.69) is 4.98 Å². The predicted octanol–water partition coefficient (Wildman–Crippen LogP) is 4.79. The number of ketones is 1. The summed E-state index contributed by atoms with van der Waals surface area (Å²) in [6, 6.07) is 20.5. The molecule has 7 heteroatoms. The Kier molecular flexibility index (Phi) is 5.51. The molecule has 33 heavy (non-hydrogen) atoms. The Morgan fingerprint density at radius 1 is 0.970 bits per heavy atom. The van der Waals surface area contributed by atoms with Crippen molar-refractivity contribution in [3.05, 3.63) is 103 Å². The number of allylic oxidation sites excluding steroid dienone is 1. The summed E-state index contributed by atoms with van der Waals surface area (Å²) in [7, 11) is 0. The highest BCUT2D eigenvalue weighted by Gasteiger charge is 2.23. The van der Waals surface area contributed by atoms with Gasteiger partial charge in [-0.15, -0.1) is 0 Å². The molecule has 0 spiro atoms. The second-order valence-corrected chi connectivity index (χ2v) is 7.46. The molecule has 0 saturated carbocycles. The van der Waals surface area contributed by atoms with Crippen LogP contribution in [0.1, 0.15) is 15.9 Å². The van der Waals surface area contributed by atoms with E-state index in [1.54, 1.807) is 47.4 Å². The number of anilines is 1. The lowest BCUT2D eigenvalue weighted by atomic mass is 10.1. The van der Waals surface area contributed by atoms with E-state index in [1.807, 2.05) is 48.7 Å². The Morgan fingerprint density at radius 2 is 1.76 bits per heavy atom. The van der Waals surface area contributed by atoms with Gasteiger partial charge in [-0.2, -0.15) is 5.10 Å². The number of benzene rings is 2. The van der Waals surface area contributed by atoms with Crippen LogP contribution in [-0.4, -0.2) is 39.8 Å². The first-order valence-electron chi connectivity index (χ1n) is 10.5. The fourth-order valence-corrected chi connectivity index (χ4v) is 3.67. The molecule has 1 amide bonds. The number of carbonyl (C=O) groups is 2. The number of carbonyl (C=O) groups excluding carboxylic acids is 2. The van der Waals surface area contributed by atoms with E-state index >= 15 is 0 Å². The molecule has 2 aromatic carbocycles. The standard InChI is InChI=1S/C26H20N4O3/c31-24(20-5-4-8-23(17-20)29-15-16-33-26(29)32)10-9-21-18-30(22-6-2-1-3-7-22)28-25(21)19-11-13-27-14-12-19/h1-14,17-18H,15-16H2/b10-9+. The highest BCUT2D eigenvalue weighted by atomic mass is 16.6. The van der Waals surface area contributed by atoms with E-state index in [-0.39, 0.29) is 5.78 Å². The van der Waals surface area contributed by atoms with Gasteiger partial charge >= 0.3 is 6.09 Å². The third-order valence-corrected chi connectivity index (χ3v) is 5.33. The Labute approximate surface area is 190 Å². The van der Waals surface area contributed by atoms with Crippen LogP contribution in [0.4, 0.5) is 10.5 Å². The first-order chi connectivity index (χ1) is 16.2. The number of para-hydroxylation sites is 1. The number of hydrogen-bond donors (Lipinski definition) is 0. The van der Waals surface area contributed by atoms with Crippen molar-refractivity contribution >= 4 is 23.6 Å². The van der Waals surface area contributed by atoms with Gasteiger partial charge in [-0.1, -0.05) is 30.3 Å². The summed E-state index contributed by atoms with van der Waals surface area (Å²) in [6.45, 7) is 0.820. The monoisotopic (exact) mass is 436 g/mol. The normalized spacial score (nSPS) is 13.5. The van der Waals surface area contributed by atoms with E-state index in [0.29, 0.717) is 24.4 Å². The van der Waals surface area contributed by atoms with Crippen molar-refractivity contribution in [1.29, 1.82) is 0 Å². The summed E-state index contributed by atoms with van der Waals surface area (Å²) in [4.78, 5) is 30.4. The minimum absolute atomic E-state index is 0.169. The third-order valence-electron chi connectivity index (χ3n) is 5.33. The number of pyridine rings is 1. The number of nitrogens with zero attached hydrogens (tertiary/aromatic N) is 4. The molecule has 0 radical (unpaired) electrons. The number of aromatic nitrogens is 3. The average Bonchev–Trinajstić information content (AvgIpc) is 3.50. The maximum absolute atomic E-state index is 12.9. The van der Waals surface area contributed by atoms with E-state index in [0.717, 1.165) is 22.5 Å². The molecule has 1 fully saturated rings. The molecule has 4 aromatic rings. The topological polar surface area (TPSA) is 77.3 Å². The van der Waals surface area contributed by atoms with Crippen LogP contribution in [0.3, 0.4) is 0 Å². The van der Waals surface area contributed by atoms with Crippen LogP contribution in [-0.2, 0) is 4.74 Å². The van der Waals surface area contributed by atoms with E-state index in [4.69, 9.17) is 9.84 Å². The highest BCUT2D eigenvalue weighted by Crippen LogP contribution is 2.25. The van der Waals surface area contributed by atoms with Crippen LogP contribution < -0.4 is 4.90 Å². The molecule has 162 valence electrons. The van der Waals surface area contributed by atoms with Crippen LogP contribution in [0, 0.1) is 0 Å². The van der Waals surface area contributed by atoms with Gasteiger partial charge in [-0.05, 0) is 48.6 Å². The highest BCUT2D eigenvalue weighted by molar-refractivity contribution is 6.08. The van der Waals surface area contributed by atoms with Crippen molar-refractivity contribution in [2.45, 2.75) is 0 Å². The summed E-state index contributed by atoms with van der Waals surface area (Å²) in [5.41, 5.74) is 4.51. The minimum atomic E-state index is -0.398. The Hall–Kier alpha value is -4.52. The second kappa shape index (κ2) is 8.92. The van der Waals surface area contributed by atoms with Gasteiger partial charge in [-0.3, -0.25) is 14.7 Å². The van der Waals surface area contributed by atoms with Gasteiger partial charge < -0.3 is 4.74 Å². The number of rotatable bonds is 6. The fourth-order valence-electron chi connectivity index (χ4n) is 3.67. The Bertz CT molecular complexity index is 1330. The van der Waals surface area contributed by atoms with Crippen molar-refractivity contribution in [2.75, 3.05) is 18.1 Å². The molecule has 0 atom stereocenters. The molecule has 7 nitrogen and oxygen atoms in total. The molecule has 5 rings (SSSR count). The van der Waals surface area contributed by atoms with Gasteiger partial charge in [0, 0.05) is 41.0 Å². The zero-order valence-corrected chi connectivity index (χ0v) is 17.7. The molecular weight excluding hydrogens is 416 g/mol. The molecule has 1 aliphatic rings. The van der Waals surface area contributed by atoms with E-state index in [9.17, 15) is 9.59 Å². The Balaban J connectivity index is 1.46. The molecule has 1 aliphatic heterocycles. The van der Waals surface area contributed by atoms with Crippen LogP contribution in [0.2, 0.25) is 0 Å². The van der Waals surface area contributed by atoms with Crippen LogP contribution >= 0.6 is 0 Å². The number of hydrogen-bond acceptors (Lipinski definition) is 5. The Morgan fingerprint density at radius 3 is 2.52 bits per heavy atom. The maximum Gasteiger partial charge on any atom is 0.414 e. The lowest BCUT2D eigenvalue weighted by Crippen LogP contribution is -2.23.